The number of hydrogen-bond acceptors (Lipinski definition) is 2. The van der Waals surface area contributed by atoms with E-state index in [1.54, 1.807) is 0 Å². The Balaban J connectivity index is 1.57. The summed E-state index contributed by atoms with van der Waals surface area (Å²) in [4.78, 5) is 12.3. The quantitative estimate of drug-likeness (QED) is 0.922. The molecule has 1 aromatic carbocycles. The van der Waals surface area contributed by atoms with Crippen molar-refractivity contribution in [1.82, 2.24) is 5.32 Å². The normalized spacial score (nSPS) is 28.4. The Bertz CT molecular complexity index is 520. The number of ether oxygens (including phenoxy) is 1. The Morgan fingerprint density at radius 1 is 1.19 bits per heavy atom. The van der Waals surface area contributed by atoms with Crippen molar-refractivity contribution in [2.75, 3.05) is 0 Å². The summed E-state index contributed by atoms with van der Waals surface area (Å²) in [5, 5.41) is 3.20. The van der Waals surface area contributed by atoms with Crippen LogP contribution in [0.5, 0.6) is 5.75 Å². The van der Waals surface area contributed by atoms with Gasteiger partial charge in [-0.3, -0.25) is 4.79 Å². The van der Waals surface area contributed by atoms with Crippen LogP contribution >= 0.6 is 0 Å². The number of nitrogens with one attached hydrogen (secondary N) is 1. The van der Waals surface area contributed by atoms with Crippen LogP contribution in [0, 0.1) is 25.7 Å². The summed E-state index contributed by atoms with van der Waals surface area (Å²) in [6.45, 7) is 5.92. The molecule has 2 fully saturated rings. The molecule has 2 aliphatic carbocycles. The lowest BCUT2D eigenvalue weighted by Gasteiger charge is -2.25. The first-order valence-electron chi connectivity index (χ1n) is 8.06. The van der Waals surface area contributed by atoms with Crippen molar-refractivity contribution in [1.29, 1.82) is 0 Å². The third-order valence-electron chi connectivity index (χ3n) is 4.94. The van der Waals surface area contributed by atoms with Crippen LogP contribution in [0.25, 0.3) is 0 Å². The van der Waals surface area contributed by atoms with Gasteiger partial charge in [0.05, 0.1) is 0 Å². The van der Waals surface area contributed by atoms with E-state index in [0.29, 0.717) is 12.0 Å². The lowest BCUT2D eigenvalue weighted by atomic mass is 9.95. The molecule has 0 spiro atoms. The summed E-state index contributed by atoms with van der Waals surface area (Å²) in [6, 6.07) is 6.44. The van der Waals surface area contributed by atoms with E-state index >= 15 is 0 Å². The molecule has 0 aliphatic heterocycles. The standard InChI is InChI=1S/C18H25NO2/c1-11-6-12(2)8-16(7-11)21-13(3)18(20)19-17-10-14-4-5-15(17)9-14/h6-8,13-15,17H,4-5,9-10H2,1-3H3,(H,19,20)/t13-,14-,15-,17+/m0/s1. The molecule has 2 bridgehead atoms. The molecule has 4 atom stereocenters. The van der Waals surface area contributed by atoms with Crippen LogP contribution in [0.4, 0.5) is 0 Å². The fraction of sp³-hybridized carbons (Fsp3) is 0.611. The van der Waals surface area contributed by atoms with Gasteiger partial charge in [-0.25, -0.2) is 0 Å². The summed E-state index contributed by atoms with van der Waals surface area (Å²) in [6.07, 6.45) is 4.66. The van der Waals surface area contributed by atoms with E-state index < -0.39 is 6.10 Å². The summed E-state index contributed by atoms with van der Waals surface area (Å²) < 4.78 is 5.82. The molecule has 0 unspecified atom stereocenters. The number of rotatable bonds is 4. The van der Waals surface area contributed by atoms with Crippen LogP contribution in [0.15, 0.2) is 18.2 Å². The van der Waals surface area contributed by atoms with Crippen LogP contribution < -0.4 is 10.1 Å². The highest BCUT2D eigenvalue weighted by Crippen LogP contribution is 2.44. The Hall–Kier alpha value is -1.51. The van der Waals surface area contributed by atoms with E-state index in [2.05, 4.69) is 11.4 Å². The van der Waals surface area contributed by atoms with Gasteiger partial charge in [-0.05, 0) is 75.1 Å². The molecular formula is C18H25NO2. The van der Waals surface area contributed by atoms with Crippen molar-refractivity contribution < 1.29 is 9.53 Å². The van der Waals surface area contributed by atoms with Crippen molar-refractivity contribution in [2.45, 2.75) is 58.6 Å². The minimum atomic E-state index is -0.440. The highest BCUT2D eigenvalue weighted by molar-refractivity contribution is 5.81. The molecule has 0 saturated heterocycles. The minimum Gasteiger partial charge on any atom is -0.481 e. The Morgan fingerprint density at radius 2 is 1.90 bits per heavy atom. The van der Waals surface area contributed by atoms with Crippen LogP contribution in [-0.4, -0.2) is 18.1 Å². The molecule has 0 aromatic heterocycles. The summed E-state index contributed by atoms with van der Waals surface area (Å²) >= 11 is 0. The average Bonchev–Trinajstić information content (AvgIpc) is 2.99. The molecule has 1 aromatic rings. The van der Waals surface area contributed by atoms with Gasteiger partial charge in [-0.1, -0.05) is 12.5 Å². The molecule has 0 radical (unpaired) electrons. The zero-order valence-electron chi connectivity index (χ0n) is 13.2. The molecule has 114 valence electrons. The van der Waals surface area contributed by atoms with E-state index in [9.17, 15) is 4.79 Å². The number of hydrogen-bond donors (Lipinski definition) is 1. The highest BCUT2D eigenvalue weighted by Gasteiger charge is 2.40. The van der Waals surface area contributed by atoms with Crippen LogP contribution in [0.3, 0.4) is 0 Å². The van der Waals surface area contributed by atoms with Crippen molar-refractivity contribution in [3.63, 3.8) is 0 Å². The highest BCUT2D eigenvalue weighted by atomic mass is 16.5. The number of amides is 1. The van der Waals surface area contributed by atoms with Gasteiger partial charge in [0.1, 0.15) is 5.75 Å². The predicted octanol–water partition coefficient (Wildman–Crippen LogP) is 3.38. The first kappa shape index (κ1) is 14.4. The maximum atomic E-state index is 12.3. The van der Waals surface area contributed by atoms with Crippen LogP contribution in [0.1, 0.15) is 43.7 Å². The van der Waals surface area contributed by atoms with Crippen molar-refractivity contribution in [3.05, 3.63) is 29.3 Å². The van der Waals surface area contributed by atoms with Gasteiger partial charge in [0.2, 0.25) is 0 Å². The number of fused-ring (bicyclic) bond motifs is 2. The van der Waals surface area contributed by atoms with E-state index in [0.717, 1.165) is 29.2 Å². The summed E-state index contributed by atoms with van der Waals surface area (Å²) in [5.41, 5.74) is 2.32. The number of carbonyl (C=O) groups is 1. The smallest absolute Gasteiger partial charge is 0.261 e. The molecule has 2 saturated carbocycles. The molecule has 2 aliphatic rings. The SMILES string of the molecule is Cc1cc(C)cc(O[C@@H](C)C(=O)N[C@@H]2C[C@H]3CC[C@H]2C3)c1. The summed E-state index contributed by atoms with van der Waals surface area (Å²) in [7, 11) is 0. The Morgan fingerprint density at radius 3 is 2.48 bits per heavy atom. The van der Waals surface area contributed by atoms with E-state index in [1.165, 1.54) is 19.3 Å². The second-order valence-corrected chi connectivity index (χ2v) is 6.87. The Labute approximate surface area is 127 Å². The fourth-order valence-corrected chi connectivity index (χ4v) is 3.98. The third kappa shape index (κ3) is 3.22. The van der Waals surface area contributed by atoms with Gasteiger partial charge in [-0.2, -0.15) is 0 Å². The number of aryl methyl sites for hydroxylation is 2. The molecule has 3 rings (SSSR count). The average molecular weight is 287 g/mol. The molecule has 1 N–H and O–H groups in total. The lowest BCUT2D eigenvalue weighted by molar-refractivity contribution is -0.128. The molecule has 3 nitrogen and oxygen atoms in total. The van der Waals surface area contributed by atoms with E-state index in [-0.39, 0.29) is 5.91 Å². The second kappa shape index (κ2) is 5.70. The Kier molecular flexibility index (Phi) is 3.92. The molecule has 3 heteroatoms. The van der Waals surface area contributed by atoms with Crippen molar-refractivity contribution >= 4 is 5.91 Å². The monoisotopic (exact) mass is 287 g/mol. The molecule has 1 amide bonds. The van der Waals surface area contributed by atoms with Crippen LogP contribution in [0.2, 0.25) is 0 Å². The zero-order valence-corrected chi connectivity index (χ0v) is 13.2. The first-order chi connectivity index (χ1) is 10.0. The van der Waals surface area contributed by atoms with Gasteiger partial charge >= 0.3 is 0 Å². The zero-order chi connectivity index (χ0) is 15.0. The van der Waals surface area contributed by atoms with Crippen molar-refractivity contribution in [3.8, 4) is 5.75 Å². The topological polar surface area (TPSA) is 38.3 Å². The molecular weight excluding hydrogens is 262 g/mol. The first-order valence-corrected chi connectivity index (χ1v) is 8.06. The fourth-order valence-electron chi connectivity index (χ4n) is 3.98. The summed E-state index contributed by atoms with van der Waals surface area (Å²) in [5.74, 6) is 2.35. The number of benzene rings is 1. The van der Waals surface area contributed by atoms with Gasteiger partial charge in [-0.15, -0.1) is 0 Å². The third-order valence-corrected chi connectivity index (χ3v) is 4.94. The molecule has 0 heterocycles. The van der Waals surface area contributed by atoms with Gasteiger partial charge in [0.25, 0.3) is 5.91 Å². The van der Waals surface area contributed by atoms with Crippen molar-refractivity contribution in [2.24, 2.45) is 11.8 Å². The molecule has 21 heavy (non-hydrogen) atoms. The number of carbonyl (C=O) groups excluding carboxylic acids is 1. The van der Waals surface area contributed by atoms with Crippen LogP contribution in [-0.2, 0) is 4.79 Å². The van der Waals surface area contributed by atoms with Gasteiger partial charge in [0, 0.05) is 6.04 Å². The largest absolute Gasteiger partial charge is 0.481 e. The second-order valence-electron chi connectivity index (χ2n) is 6.87. The predicted molar refractivity (Wildman–Crippen MR) is 83.4 cm³/mol. The van der Waals surface area contributed by atoms with Gasteiger partial charge < -0.3 is 10.1 Å². The van der Waals surface area contributed by atoms with E-state index in [1.807, 2.05) is 32.9 Å². The maximum absolute atomic E-state index is 12.3. The van der Waals surface area contributed by atoms with E-state index in [4.69, 9.17) is 4.74 Å². The lowest BCUT2D eigenvalue weighted by Crippen LogP contribution is -2.44. The maximum Gasteiger partial charge on any atom is 0.261 e. The van der Waals surface area contributed by atoms with Gasteiger partial charge in [0.15, 0.2) is 6.10 Å². The minimum absolute atomic E-state index is 0.0201.